The molecule has 7 heteroatoms. The number of nitrogens with one attached hydrogen (secondary N) is 1. The number of benzene rings is 1. The van der Waals surface area contributed by atoms with Crippen LogP contribution in [0.4, 0.5) is 4.79 Å². The third-order valence-electron chi connectivity index (χ3n) is 5.26. The van der Waals surface area contributed by atoms with E-state index in [-0.39, 0.29) is 6.03 Å². The Bertz CT molecular complexity index is 622. The smallest absolute Gasteiger partial charge is 0.317 e. The zero-order chi connectivity index (χ0) is 19.1. The summed E-state index contributed by atoms with van der Waals surface area (Å²) in [5.74, 6) is 3.54. The summed E-state index contributed by atoms with van der Waals surface area (Å²) in [7, 11) is 3.25. The van der Waals surface area contributed by atoms with Crippen molar-refractivity contribution in [1.29, 1.82) is 0 Å². The summed E-state index contributed by atoms with van der Waals surface area (Å²) in [6, 6.07) is 6.08. The molecule has 3 rings (SSSR count). The molecule has 0 radical (unpaired) electrons. The van der Waals surface area contributed by atoms with Crippen LogP contribution in [-0.2, 0) is 6.54 Å². The molecule has 1 atom stereocenters. The summed E-state index contributed by atoms with van der Waals surface area (Å²) < 4.78 is 10.6. The van der Waals surface area contributed by atoms with E-state index in [1.54, 1.807) is 14.2 Å². The van der Waals surface area contributed by atoms with Crippen LogP contribution in [0.1, 0.15) is 24.8 Å². The van der Waals surface area contributed by atoms with Crippen molar-refractivity contribution < 1.29 is 14.3 Å². The number of nitrogens with zero attached hydrogens (tertiary/aromatic N) is 2. The van der Waals surface area contributed by atoms with Crippen LogP contribution in [0.15, 0.2) is 18.2 Å². The summed E-state index contributed by atoms with van der Waals surface area (Å²) in [4.78, 5) is 17.5. The molecule has 0 aromatic heterocycles. The number of urea groups is 1. The fraction of sp³-hybridized carbons (Fsp3) is 0.650. The third kappa shape index (κ3) is 5.45. The molecule has 1 N–H and O–H groups in total. The Morgan fingerprint density at radius 1 is 1.15 bits per heavy atom. The molecule has 2 amide bonds. The van der Waals surface area contributed by atoms with Gasteiger partial charge in [0.25, 0.3) is 0 Å². The number of ether oxygens (including phenoxy) is 2. The Hall–Kier alpha value is -1.60. The van der Waals surface area contributed by atoms with Gasteiger partial charge in [-0.05, 0) is 55.8 Å². The maximum absolute atomic E-state index is 12.9. The Balaban J connectivity index is 1.60. The van der Waals surface area contributed by atoms with Crippen molar-refractivity contribution in [3.05, 3.63) is 23.8 Å². The van der Waals surface area contributed by atoms with Gasteiger partial charge in [-0.15, -0.1) is 0 Å². The van der Waals surface area contributed by atoms with Crippen LogP contribution < -0.4 is 14.8 Å². The van der Waals surface area contributed by atoms with Crippen molar-refractivity contribution in [2.24, 2.45) is 0 Å². The number of carbonyl (C=O) groups excluding carboxylic acids is 1. The van der Waals surface area contributed by atoms with Crippen molar-refractivity contribution in [2.45, 2.75) is 31.8 Å². The van der Waals surface area contributed by atoms with Crippen molar-refractivity contribution in [2.75, 3.05) is 51.9 Å². The van der Waals surface area contributed by atoms with E-state index in [2.05, 4.69) is 15.1 Å². The molecular formula is C20H31N3O3S. The lowest BCUT2D eigenvalue weighted by Gasteiger charge is -2.32. The fourth-order valence-electron chi connectivity index (χ4n) is 3.78. The number of hydrogen-bond donors (Lipinski definition) is 1. The summed E-state index contributed by atoms with van der Waals surface area (Å²) in [5.41, 5.74) is 1.00. The average molecular weight is 394 g/mol. The summed E-state index contributed by atoms with van der Waals surface area (Å²) in [5, 5.41) is 3.10. The molecule has 27 heavy (non-hydrogen) atoms. The van der Waals surface area contributed by atoms with Gasteiger partial charge < -0.3 is 24.6 Å². The highest BCUT2D eigenvalue weighted by atomic mass is 32.2. The van der Waals surface area contributed by atoms with Crippen LogP contribution in [0.2, 0.25) is 0 Å². The monoisotopic (exact) mass is 393 g/mol. The molecule has 0 bridgehead atoms. The number of likely N-dealkylation sites (tertiary alicyclic amines) is 1. The van der Waals surface area contributed by atoms with Gasteiger partial charge in [-0.1, -0.05) is 6.07 Å². The molecular weight excluding hydrogens is 362 g/mol. The van der Waals surface area contributed by atoms with Crippen LogP contribution >= 0.6 is 11.8 Å². The Kier molecular flexibility index (Phi) is 7.52. The fourth-order valence-corrected chi connectivity index (χ4v) is 4.84. The first-order chi connectivity index (χ1) is 13.2. The quantitative estimate of drug-likeness (QED) is 0.805. The van der Waals surface area contributed by atoms with Crippen molar-refractivity contribution in [3.8, 4) is 11.5 Å². The molecule has 2 heterocycles. The highest BCUT2D eigenvalue weighted by Gasteiger charge is 2.28. The Morgan fingerprint density at radius 3 is 2.67 bits per heavy atom. The van der Waals surface area contributed by atoms with Crippen LogP contribution in [0.3, 0.4) is 0 Å². The second-order valence-corrected chi connectivity index (χ2v) is 8.28. The first kappa shape index (κ1) is 20.1. The van der Waals surface area contributed by atoms with E-state index in [0.717, 1.165) is 36.6 Å². The van der Waals surface area contributed by atoms with E-state index in [1.165, 1.54) is 25.9 Å². The predicted octanol–water partition coefficient (Wildman–Crippen LogP) is 2.82. The number of methoxy groups -OCH3 is 2. The van der Waals surface area contributed by atoms with Gasteiger partial charge >= 0.3 is 6.03 Å². The van der Waals surface area contributed by atoms with Crippen LogP contribution in [-0.4, -0.2) is 73.8 Å². The lowest BCUT2D eigenvalue weighted by molar-refractivity contribution is 0.162. The lowest BCUT2D eigenvalue weighted by atomic mass is 10.2. The molecule has 0 aliphatic carbocycles. The van der Waals surface area contributed by atoms with Gasteiger partial charge in [0.1, 0.15) is 0 Å². The second kappa shape index (κ2) is 10.1. The minimum atomic E-state index is 0.0384. The van der Waals surface area contributed by atoms with Crippen molar-refractivity contribution >= 4 is 17.8 Å². The van der Waals surface area contributed by atoms with E-state index >= 15 is 0 Å². The molecule has 2 aliphatic heterocycles. The molecule has 1 aromatic carbocycles. The van der Waals surface area contributed by atoms with E-state index in [0.29, 0.717) is 24.1 Å². The standard InChI is InChI=1S/C20H31N3O3S/c1-25-18-7-6-16(12-19(18)26-2)13-21-20(24)23-10-5-11-27-15-17(23)14-22-8-3-4-9-22/h6-7,12,17H,3-5,8-11,13-15H2,1-2H3,(H,21,24). The third-order valence-corrected chi connectivity index (χ3v) is 6.46. The van der Waals surface area contributed by atoms with E-state index in [9.17, 15) is 4.79 Å². The van der Waals surface area contributed by atoms with E-state index < -0.39 is 0 Å². The molecule has 1 aromatic rings. The largest absolute Gasteiger partial charge is 0.493 e. The number of hydrogen-bond acceptors (Lipinski definition) is 5. The highest BCUT2D eigenvalue weighted by molar-refractivity contribution is 7.99. The topological polar surface area (TPSA) is 54.0 Å². The number of carbonyl (C=O) groups is 1. The number of thioether (sulfide) groups is 1. The minimum Gasteiger partial charge on any atom is -0.493 e. The molecule has 1 unspecified atom stereocenters. The molecule has 150 valence electrons. The second-order valence-electron chi connectivity index (χ2n) is 7.13. The van der Waals surface area contributed by atoms with Gasteiger partial charge in [0, 0.05) is 25.4 Å². The van der Waals surface area contributed by atoms with Crippen LogP contribution in [0.25, 0.3) is 0 Å². The zero-order valence-corrected chi connectivity index (χ0v) is 17.2. The maximum Gasteiger partial charge on any atom is 0.317 e. The molecule has 0 spiro atoms. The van der Waals surface area contributed by atoms with Gasteiger partial charge in [-0.2, -0.15) is 11.8 Å². The Labute approximate surface area is 166 Å². The first-order valence-electron chi connectivity index (χ1n) is 9.76. The first-order valence-corrected chi connectivity index (χ1v) is 10.9. The molecule has 2 fully saturated rings. The van der Waals surface area contributed by atoms with Crippen LogP contribution in [0, 0.1) is 0 Å². The summed E-state index contributed by atoms with van der Waals surface area (Å²) >= 11 is 1.97. The van der Waals surface area contributed by atoms with E-state index in [1.807, 2.05) is 30.0 Å². The average Bonchev–Trinajstić information content (AvgIpc) is 3.10. The van der Waals surface area contributed by atoms with Crippen LogP contribution in [0.5, 0.6) is 11.5 Å². The molecule has 2 saturated heterocycles. The Morgan fingerprint density at radius 2 is 1.93 bits per heavy atom. The number of rotatable bonds is 6. The van der Waals surface area contributed by atoms with Gasteiger partial charge in [-0.3, -0.25) is 0 Å². The SMILES string of the molecule is COc1ccc(CNC(=O)N2CCCSCC2CN2CCCC2)cc1OC. The van der Waals surface area contributed by atoms with Crippen molar-refractivity contribution in [3.63, 3.8) is 0 Å². The van der Waals surface area contributed by atoms with E-state index in [4.69, 9.17) is 9.47 Å². The van der Waals surface area contributed by atoms with Gasteiger partial charge in [0.15, 0.2) is 11.5 Å². The van der Waals surface area contributed by atoms with Gasteiger partial charge in [0.2, 0.25) is 0 Å². The van der Waals surface area contributed by atoms with Crippen molar-refractivity contribution in [1.82, 2.24) is 15.1 Å². The number of amides is 2. The summed E-state index contributed by atoms with van der Waals surface area (Å²) in [6.45, 7) is 4.66. The zero-order valence-electron chi connectivity index (χ0n) is 16.4. The van der Waals surface area contributed by atoms with Gasteiger partial charge in [0.05, 0.1) is 20.3 Å². The summed E-state index contributed by atoms with van der Waals surface area (Å²) in [6.07, 6.45) is 3.63. The molecule has 2 aliphatic rings. The molecule has 6 nitrogen and oxygen atoms in total. The lowest BCUT2D eigenvalue weighted by Crippen LogP contribution is -2.51. The normalized spacial score (nSPS) is 21.0. The predicted molar refractivity (Wildman–Crippen MR) is 110 cm³/mol. The molecule has 0 saturated carbocycles. The minimum absolute atomic E-state index is 0.0384. The maximum atomic E-state index is 12.9. The highest BCUT2D eigenvalue weighted by Crippen LogP contribution is 2.27. The van der Waals surface area contributed by atoms with Gasteiger partial charge in [-0.25, -0.2) is 4.79 Å².